The van der Waals surface area contributed by atoms with E-state index in [0.717, 1.165) is 24.8 Å². The molecule has 0 spiro atoms. The molecule has 1 aliphatic rings. The lowest BCUT2D eigenvalue weighted by molar-refractivity contribution is 0.227. The minimum atomic E-state index is 0.593. The van der Waals surface area contributed by atoms with Crippen LogP contribution in [0, 0.1) is 5.92 Å². The second-order valence-corrected chi connectivity index (χ2v) is 4.89. The summed E-state index contributed by atoms with van der Waals surface area (Å²) in [7, 11) is 2.09. The van der Waals surface area contributed by atoms with Crippen LogP contribution in [0.3, 0.4) is 0 Å². The molecule has 4 nitrogen and oxygen atoms in total. The average molecular weight is 226 g/mol. The molecule has 0 radical (unpaired) electrons. The van der Waals surface area contributed by atoms with Crippen molar-refractivity contribution in [1.29, 1.82) is 0 Å². The summed E-state index contributed by atoms with van der Waals surface area (Å²) in [5.41, 5.74) is 2.72. The van der Waals surface area contributed by atoms with Gasteiger partial charge < -0.3 is 4.90 Å². The Hall–Kier alpha value is -0.770. The van der Waals surface area contributed by atoms with Gasteiger partial charge in [-0.15, -0.1) is 0 Å². The van der Waals surface area contributed by atoms with E-state index in [1.807, 2.05) is 0 Å². The van der Waals surface area contributed by atoms with Crippen LogP contribution in [0.1, 0.15) is 46.0 Å². The van der Waals surface area contributed by atoms with Crippen molar-refractivity contribution in [3.8, 4) is 0 Å². The van der Waals surface area contributed by atoms with Crippen LogP contribution in [0.5, 0.6) is 0 Å². The second kappa shape index (κ2) is 6.74. The number of nitrogens with two attached hydrogens (primary N) is 1. The first-order valence-electron chi connectivity index (χ1n) is 6.42. The van der Waals surface area contributed by atoms with Crippen LogP contribution in [-0.4, -0.2) is 30.5 Å². The van der Waals surface area contributed by atoms with Crippen molar-refractivity contribution in [2.75, 3.05) is 13.6 Å². The molecule has 1 saturated carbocycles. The lowest BCUT2D eigenvalue weighted by Gasteiger charge is -2.35. The van der Waals surface area contributed by atoms with Crippen molar-refractivity contribution in [3.05, 3.63) is 0 Å². The normalized spacial score (nSPS) is 26.6. The van der Waals surface area contributed by atoms with Gasteiger partial charge in [0.05, 0.1) is 0 Å². The molecule has 0 heterocycles. The quantitative estimate of drug-likeness (QED) is 0.333. The van der Waals surface area contributed by atoms with E-state index in [1.165, 1.54) is 25.7 Å². The van der Waals surface area contributed by atoms with Crippen LogP contribution in [0.15, 0.2) is 4.99 Å². The molecule has 0 amide bonds. The predicted molar refractivity (Wildman–Crippen MR) is 69.1 cm³/mol. The van der Waals surface area contributed by atoms with E-state index in [-0.39, 0.29) is 0 Å². The molecule has 3 N–H and O–H groups in total. The Kier molecular flexibility index (Phi) is 5.60. The van der Waals surface area contributed by atoms with Gasteiger partial charge in [-0.05, 0) is 25.2 Å². The maximum Gasteiger partial charge on any atom is 0.208 e. The molecule has 1 fully saturated rings. The minimum absolute atomic E-state index is 0.593. The first-order valence-corrected chi connectivity index (χ1v) is 6.42. The summed E-state index contributed by atoms with van der Waals surface area (Å²) >= 11 is 0. The lowest BCUT2D eigenvalue weighted by atomic mass is 9.86. The van der Waals surface area contributed by atoms with E-state index in [1.54, 1.807) is 0 Å². The highest BCUT2D eigenvalue weighted by Gasteiger charge is 2.23. The number of hydrogen-bond donors (Lipinski definition) is 2. The number of nitrogens with one attached hydrogen (secondary N) is 1. The van der Waals surface area contributed by atoms with Gasteiger partial charge in [-0.1, -0.05) is 26.7 Å². The van der Waals surface area contributed by atoms with E-state index < -0.39 is 0 Å². The van der Waals surface area contributed by atoms with Crippen molar-refractivity contribution in [3.63, 3.8) is 0 Å². The maximum absolute atomic E-state index is 5.53. The molecule has 0 aromatic carbocycles. The molecule has 16 heavy (non-hydrogen) atoms. The third-order valence-electron chi connectivity index (χ3n) is 3.40. The van der Waals surface area contributed by atoms with Crippen molar-refractivity contribution in [1.82, 2.24) is 10.3 Å². The molecule has 0 aromatic heterocycles. The molecule has 0 aromatic rings. The number of nitrogens with zero attached hydrogens (tertiary/aromatic N) is 2. The highest BCUT2D eigenvalue weighted by molar-refractivity contribution is 5.79. The fourth-order valence-corrected chi connectivity index (χ4v) is 2.40. The topological polar surface area (TPSA) is 53.6 Å². The van der Waals surface area contributed by atoms with Crippen molar-refractivity contribution >= 4 is 5.96 Å². The van der Waals surface area contributed by atoms with Gasteiger partial charge >= 0.3 is 0 Å². The Morgan fingerprint density at radius 3 is 2.81 bits per heavy atom. The maximum atomic E-state index is 5.53. The van der Waals surface area contributed by atoms with Gasteiger partial charge in [-0.2, -0.15) is 0 Å². The van der Waals surface area contributed by atoms with E-state index >= 15 is 0 Å². The Bertz CT molecular complexity index is 227. The number of aliphatic imine (C=N–C) groups is 1. The minimum Gasteiger partial charge on any atom is -0.342 e. The van der Waals surface area contributed by atoms with Gasteiger partial charge in [-0.3, -0.25) is 10.4 Å². The van der Waals surface area contributed by atoms with E-state index in [2.05, 4.69) is 36.2 Å². The van der Waals surface area contributed by atoms with E-state index in [0.29, 0.717) is 6.04 Å². The molecule has 0 saturated heterocycles. The zero-order valence-electron chi connectivity index (χ0n) is 10.9. The zero-order chi connectivity index (χ0) is 12.0. The number of hydrogen-bond acceptors (Lipinski definition) is 2. The van der Waals surface area contributed by atoms with Crippen molar-refractivity contribution in [2.24, 2.45) is 16.8 Å². The van der Waals surface area contributed by atoms with Crippen LogP contribution in [-0.2, 0) is 0 Å². The number of guanidine groups is 1. The summed E-state index contributed by atoms with van der Waals surface area (Å²) < 4.78 is 0. The summed E-state index contributed by atoms with van der Waals surface area (Å²) in [5.74, 6) is 7.19. The van der Waals surface area contributed by atoms with Gasteiger partial charge in [0.15, 0.2) is 0 Å². The summed E-state index contributed by atoms with van der Waals surface area (Å²) in [4.78, 5) is 6.68. The Morgan fingerprint density at radius 1 is 1.50 bits per heavy atom. The van der Waals surface area contributed by atoms with Crippen LogP contribution in [0.25, 0.3) is 0 Å². The third-order valence-corrected chi connectivity index (χ3v) is 3.40. The predicted octanol–water partition coefficient (Wildman–Crippen LogP) is 1.73. The molecule has 2 atom stereocenters. The van der Waals surface area contributed by atoms with Gasteiger partial charge in [0, 0.05) is 19.6 Å². The SMILES string of the molecule is CCCN=C(NN)N(C)C1CCCC(C)C1. The van der Waals surface area contributed by atoms with Gasteiger partial charge in [0.2, 0.25) is 5.96 Å². The lowest BCUT2D eigenvalue weighted by Crippen LogP contribution is -2.48. The average Bonchev–Trinajstić information content (AvgIpc) is 2.29. The third kappa shape index (κ3) is 3.67. The highest BCUT2D eigenvalue weighted by atomic mass is 15.4. The van der Waals surface area contributed by atoms with Gasteiger partial charge in [0.1, 0.15) is 0 Å². The molecule has 0 aliphatic heterocycles. The molecule has 94 valence electrons. The standard InChI is InChI=1S/C12H26N4/c1-4-8-14-12(15-13)16(3)11-7-5-6-10(2)9-11/h10-11H,4-9,13H2,1-3H3,(H,14,15). The monoisotopic (exact) mass is 226 g/mol. The first kappa shape index (κ1) is 13.3. The molecule has 1 aliphatic carbocycles. The number of hydrazine groups is 1. The molecule has 4 heteroatoms. The summed E-state index contributed by atoms with van der Waals surface area (Å²) in [5, 5.41) is 0. The van der Waals surface area contributed by atoms with E-state index in [9.17, 15) is 0 Å². The van der Waals surface area contributed by atoms with E-state index in [4.69, 9.17) is 5.84 Å². The molecule has 0 bridgehead atoms. The van der Waals surface area contributed by atoms with Crippen molar-refractivity contribution in [2.45, 2.75) is 52.0 Å². The zero-order valence-corrected chi connectivity index (χ0v) is 10.9. The van der Waals surface area contributed by atoms with Gasteiger partial charge in [0.25, 0.3) is 0 Å². The van der Waals surface area contributed by atoms with Crippen LogP contribution in [0.4, 0.5) is 0 Å². The van der Waals surface area contributed by atoms with Crippen molar-refractivity contribution < 1.29 is 0 Å². The Balaban J connectivity index is 2.55. The molecular formula is C12H26N4. The summed E-state index contributed by atoms with van der Waals surface area (Å²) in [6, 6.07) is 0.593. The fraction of sp³-hybridized carbons (Fsp3) is 0.917. The van der Waals surface area contributed by atoms with Gasteiger partial charge in [-0.25, -0.2) is 5.84 Å². The second-order valence-electron chi connectivity index (χ2n) is 4.89. The first-order chi connectivity index (χ1) is 7.69. The Morgan fingerprint density at radius 2 is 2.25 bits per heavy atom. The smallest absolute Gasteiger partial charge is 0.208 e. The molecule has 1 rings (SSSR count). The summed E-state index contributed by atoms with van der Waals surface area (Å²) in [6.45, 7) is 5.30. The molecule has 2 unspecified atom stereocenters. The molecular weight excluding hydrogens is 200 g/mol. The Labute approximate surface area is 99.3 Å². The van der Waals surface area contributed by atoms with Crippen LogP contribution < -0.4 is 11.3 Å². The fourth-order valence-electron chi connectivity index (χ4n) is 2.40. The summed E-state index contributed by atoms with van der Waals surface area (Å²) in [6.07, 6.45) is 6.25. The highest BCUT2D eigenvalue weighted by Crippen LogP contribution is 2.26. The van der Waals surface area contributed by atoms with Crippen LogP contribution >= 0.6 is 0 Å². The number of rotatable bonds is 3. The largest absolute Gasteiger partial charge is 0.342 e. The van der Waals surface area contributed by atoms with Crippen LogP contribution in [0.2, 0.25) is 0 Å².